The van der Waals surface area contributed by atoms with Crippen molar-refractivity contribution >= 4 is 44.5 Å². The molecule has 0 saturated heterocycles. The molecule has 0 atom stereocenters. The fraction of sp³-hybridized carbons (Fsp3) is 0.222. The van der Waals surface area contributed by atoms with Gasteiger partial charge in [-0.1, -0.05) is 51.1 Å². The second-order valence-electron chi connectivity index (χ2n) is 9.16. The summed E-state index contributed by atoms with van der Waals surface area (Å²) in [5, 5.41) is 4.95. The maximum absolute atomic E-state index is 6.27. The second-order valence-corrected chi connectivity index (χ2v) is 10.3. The van der Waals surface area contributed by atoms with E-state index in [4.69, 9.17) is 9.40 Å². The van der Waals surface area contributed by atoms with Gasteiger partial charge in [-0.2, -0.15) is 0 Å². The number of nitrogens with zero attached hydrogens (tertiary/aromatic N) is 1. The standard InChI is InChI=1S/C27H23NOS/c1-27(2,3)20-15-18(14-17-6-4-5-7-19(17)20)25-23-22(10-12-28-25)29-21-9-8-16-11-13-30-26(16)24(21)23/h4-10,12,14-15H,11,13H2,1-3H3. The summed E-state index contributed by atoms with van der Waals surface area (Å²) in [6, 6.07) is 19.6. The number of thioether (sulfide) groups is 1. The summed E-state index contributed by atoms with van der Waals surface area (Å²) in [5.74, 6) is 1.14. The monoisotopic (exact) mass is 409 g/mol. The molecule has 3 aromatic carbocycles. The molecule has 6 rings (SSSR count). The first-order chi connectivity index (χ1) is 14.5. The number of aryl methyl sites for hydroxylation is 1. The van der Waals surface area contributed by atoms with Crippen LogP contribution in [0.5, 0.6) is 0 Å². The molecule has 0 aliphatic carbocycles. The largest absolute Gasteiger partial charge is 0.456 e. The number of fused-ring (bicyclic) bond motifs is 6. The SMILES string of the molecule is CC(C)(C)c1cc(-c2nccc3oc4ccc5c(c4c23)SCC5)cc2ccccc12. The summed E-state index contributed by atoms with van der Waals surface area (Å²) in [4.78, 5) is 6.26. The molecule has 0 radical (unpaired) electrons. The molecule has 0 spiro atoms. The summed E-state index contributed by atoms with van der Waals surface area (Å²) in [7, 11) is 0. The third-order valence-corrected chi connectivity index (χ3v) is 7.31. The van der Waals surface area contributed by atoms with Crippen molar-refractivity contribution in [1.82, 2.24) is 4.98 Å². The zero-order valence-electron chi connectivity index (χ0n) is 17.5. The first-order valence-corrected chi connectivity index (χ1v) is 11.5. The maximum atomic E-state index is 6.27. The molecule has 1 aliphatic rings. The lowest BCUT2D eigenvalue weighted by Gasteiger charge is -2.22. The average Bonchev–Trinajstić information content (AvgIpc) is 3.35. The van der Waals surface area contributed by atoms with Crippen LogP contribution in [0.15, 0.2) is 70.1 Å². The van der Waals surface area contributed by atoms with E-state index in [0.29, 0.717) is 0 Å². The Bertz CT molecular complexity index is 1460. The van der Waals surface area contributed by atoms with Gasteiger partial charge in [-0.05, 0) is 58.0 Å². The highest BCUT2D eigenvalue weighted by Gasteiger charge is 2.23. The summed E-state index contributed by atoms with van der Waals surface area (Å²) < 4.78 is 6.27. The second kappa shape index (κ2) is 6.36. The number of furan rings is 1. The summed E-state index contributed by atoms with van der Waals surface area (Å²) in [5.41, 5.74) is 6.88. The molecular formula is C27H23NOS. The number of pyridine rings is 1. The number of aromatic nitrogens is 1. The van der Waals surface area contributed by atoms with Crippen molar-refractivity contribution in [3.63, 3.8) is 0 Å². The van der Waals surface area contributed by atoms with Crippen molar-refractivity contribution in [2.75, 3.05) is 5.75 Å². The van der Waals surface area contributed by atoms with Crippen LogP contribution < -0.4 is 0 Å². The highest BCUT2D eigenvalue weighted by molar-refractivity contribution is 7.99. The van der Waals surface area contributed by atoms with E-state index in [2.05, 4.69) is 69.3 Å². The lowest BCUT2D eigenvalue weighted by molar-refractivity contribution is 0.596. The van der Waals surface area contributed by atoms with Crippen molar-refractivity contribution < 1.29 is 4.42 Å². The van der Waals surface area contributed by atoms with Crippen LogP contribution in [-0.2, 0) is 11.8 Å². The first kappa shape index (κ1) is 18.0. The molecule has 0 amide bonds. The fourth-order valence-corrected chi connectivity index (χ4v) is 5.96. The topological polar surface area (TPSA) is 26.0 Å². The van der Waals surface area contributed by atoms with E-state index >= 15 is 0 Å². The Morgan fingerprint density at radius 3 is 2.63 bits per heavy atom. The van der Waals surface area contributed by atoms with E-state index in [1.807, 2.05) is 24.0 Å². The third kappa shape index (κ3) is 2.61. The lowest BCUT2D eigenvalue weighted by atomic mass is 9.82. The van der Waals surface area contributed by atoms with Crippen LogP contribution in [0.1, 0.15) is 31.9 Å². The minimum atomic E-state index is 0.0407. The normalized spacial score (nSPS) is 14.1. The molecule has 0 bridgehead atoms. The Labute approximate surface area is 180 Å². The van der Waals surface area contributed by atoms with Gasteiger partial charge >= 0.3 is 0 Å². The van der Waals surface area contributed by atoms with E-state index in [9.17, 15) is 0 Å². The molecule has 0 fully saturated rings. The van der Waals surface area contributed by atoms with Crippen LogP contribution in [0.4, 0.5) is 0 Å². The minimum Gasteiger partial charge on any atom is -0.456 e. The zero-order chi connectivity index (χ0) is 20.5. The fourth-order valence-electron chi connectivity index (χ4n) is 4.73. The van der Waals surface area contributed by atoms with Gasteiger partial charge in [-0.25, -0.2) is 0 Å². The molecule has 3 heteroatoms. The molecule has 3 heterocycles. The van der Waals surface area contributed by atoms with E-state index in [1.165, 1.54) is 32.2 Å². The predicted octanol–water partition coefficient (Wildman–Crippen LogP) is 7.75. The number of hydrogen-bond donors (Lipinski definition) is 0. The summed E-state index contributed by atoms with van der Waals surface area (Å²) >= 11 is 1.94. The predicted molar refractivity (Wildman–Crippen MR) is 128 cm³/mol. The smallest absolute Gasteiger partial charge is 0.139 e. The van der Waals surface area contributed by atoms with Gasteiger partial charge in [0.05, 0.1) is 11.1 Å². The Morgan fingerprint density at radius 1 is 0.933 bits per heavy atom. The van der Waals surface area contributed by atoms with Crippen molar-refractivity contribution in [2.24, 2.45) is 0 Å². The third-order valence-electron chi connectivity index (χ3n) is 6.14. The molecule has 5 aromatic rings. The molecule has 148 valence electrons. The average molecular weight is 410 g/mol. The zero-order valence-corrected chi connectivity index (χ0v) is 18.3. The number of benzene rings is 3. The van der Waals surface area contributed by atoms with E-state index in [1.54, 1.807) is 0 Å². The lowest BCUT2D eigenvalue weighted by Crippen LogP contribution is -2.12. The molecule has 0 saturated carbocycles. The Kier molecular flexibility index (Phi) is 3.82. The first-order valence-electron chi connectivity index (χ1n) is 10.5. The molecule has 0 N–H and O–H groups in total. The quantitative estimate of drug-likeness (QED) is 0.283. The molecule has 2 aromatic heterocycles. The molecule has 30 heavy (non-hydrogen) atoms. The van der Waals surface area contributed by atoms with Crippen molar-refractivity contribution in [3.8, 4) is 11.3 Å². The highest BCUT2D eigenvalue weighted by atomic mass is 32.2. The van der Waals surface area contributed by atoms with E-state index in [0.717, 1.165) is 40.0 Å². The van der Waals surface area contributed by atoms with Crippen molar-refractivity contribution in [1.29, 1.82) is 0 Å². The molecule has 2 nitrogen and oxygen atoms in total. The summed E-state index contributed by atoms with van der Waals surface area (Å²) in [6.45, 7) is 6.84. The van der Waals surface area contributed by atoms with Gasteiger partial charge in [0.25, 0.3) is 0 Å². The van der Waals surface area contributed by atoms with Gasteiger partial charge in [0.15, 0.2) is 0 Å². The van der Waals surface area contributed by atoms with Gasteiger partial charge in [0, 0.05) is 27.8 Å². The summed E-state index contributed by atoms with van der Waals surface area (Å²) in [6.07, 6.45) is 3.00. The maximum Gasteiger partial charge on any atom is 0.139 e. The molecule has 0 unspecified atom stereocenters. The van der Waals surface area contributed by atoms with Crippen LogP contribution in [-0.4, -0.2) is 10.7 Å². The Hall–Kier alpha value is -2.78. The Morgan fingerprint density at radius 2 is 1.77 bits per heavy atom. The van der Waals surface area contributed by atoms with Gasteiger partial charge < -0.3 is 4.42 Å². The van der Waals surface area contributed by atoms with Gasteiger partial charge in [0.1, 0.15) is 11.2 Å². The Balaban J connectivity index is 1.73. The van der Waals surface area contributed by atoms with E-state index in [-0.39, 0.29) is 5.41 Å². The number of rotatable bonds is 1. The van der Waals surface area contributed by atoms with Crippen LogP contribution in [0.2, 0.25) is 0 Å². The van der Waals surface area contributed by atoms with Crippen molar-refractivity contribution in [3.05, 3.63) is 71.9 Å². The highest BCUT2D eigenvalue weighted by Crippen LogP contribution is 2.45. The molecule has 1 aliphatic heterocycles. The number of hydrogen-bond acceptors (Lipinski definition) is 3. The minimum absolute atomic E-state index is 0.0407. The van der Waals surface area contributed by atoms with Gasteiger partial charge in [-0.3, -0.25) is 4.98 Å². The molecular weight excluding hydrogens is 386 g/mol. The van der Waals surface area contributed by atoms with Gasteiger partial charge in [-0.15, -0.1) is 11.8 Å². The van der Waals surface area contributed by atoms with Crippen LogP contribution in [0, 0.1) is 0 Å². The van der Waals surface area contributed by atoms with E-state index < -0.39 is 0 Å². The van der Waals surface area contributed by atoms with Crippen LogP contribution >= 0.6 is 11.8 Å². The van der Waals surface area contributed by atoms with Crippen molar-refractivity contribution in [2.45, 2.75) is 37.5 Å². The van der Waals surface area contributed by atoms with Gasteiger partial charge in [0.2, 0.25) is 0 Å². The van der Waals surface area contributed by atoms with Crippen LogP contribution in [0.3, 0.4) is 0 Å². The van der Waals surface area contributed by atoms with Crippen LogP contribution in [0.25, 0.3) is 44.0 Å².